The van der Waals surface area contributed by atoms with E-state index < -0.39 is 0 Å². The fourth-order valence-electron chi connectivity index (χ4n) is 1.75. The molecule has 1 aromatic carbocycles. The van der Waals surface area contributed by atoms with Gasteiger partial charge in [0.1, 0.15) is 5.75 Å². The normalized spacial score (nSPS) is 10.3. The molecule has 0 atom stereocenters. The monoisotopic (exact) mass is 261 g/mol. The first-order valence-corrected chi connectivity index (χ1v) is 6.71. The zero-order chi connectivity index (χ0) is 13.0. The second kappa shape index (κ2) is 5.69. The Hall–Kier alpha value is -1.81. The van der Waals surface area contributed by atoms with Crippen LogP contribution in [0.15, 0.2) is 35.7 Å². The van der Waals surface area contributed by atoms with Crippen molar-refractivity contribution >= 4 is 17.2 Å². The fourth-order valence-corrected chi connectivity index (χ4v) is 2.66. The van der Waals surface area contributed by atoms with Gasteiger partial charge in [0, 0.05) is 10.4 Å². The van der Waals surface area contributed by atoms with Gasteiger partial charge in [0.2, 0.25) is 0 Å². The lowest BCUT2D eigenvalue weighted by Gasteiger charge is -2.05. The van der Waals surface area contributed by atoms with Gasteiger partial charge in [0.05, 0.1) is 6.54 Å². The number of phenols is 1. The number of rotatable bonds is 4. The summed E-state index contributed by atoms with van der Waals surface area (Å²) >= 11 is 1.65. The molecular weight excluding hydrogens is 246 g/mol. The number of carbonyl (C=O) groups excluding carboxylic acids is 1. The molecule has 94 valence electrons. The predicted molar refractivity (Wildman–Crippen MR) is 73.0 cm³/mol. The van der Waals surface area contributed by atoms with E-state index in [4.69, 9.17) is 0 Å². The van der Waals surface area contributed by atoms with Crippen LogP contribution in [0.5, 0.6) is 5.75 Å². The van der Waals surface area contributed by atoms with Crippen molar-refractivity contribution in [1.29, 1.82) is 0 Å². The van der Waals surface area contributed by atoms with E-state index in [-0.39, 0.29) is 11.7 Å². The quantitative estimate of drug-likeness (QED) is 0.889. The molecule has 1 aromatic heterocycles. The Morgan fingerprint density at radius 3 is 2.94 bits per heavy atom. The summed E-state index contributed by atoms with van der Waals surface area (Å²) < 4.78 is 0. The van der Waals surface area contributed by atoms with Crippen molar-refractivity contribution in [1.82, 2.24) is 5.32 Å². The Morgan fingerprint density at radius 1 is 1.39 bits per heavy atom. The van der Waals surface area contributed by atoms with E-state index in [0.29, 0.717) is 12.1 Å². The molecule has 18 heavy (non-hydrogen) atoms. The summed E-state index contributed by atoms with van der Waals surface area (Å²) in [4.78, 5) is 13.1. The Bertz CT molecular complexity index is 548. The Labute approximate surface area is 110 Å². The van der Waals surface area contributed by atoms with Crippen LogP contribution in [0.25, 0.3) is 0 Å². The van der Waals surface area contributed by atoms with E-state index >= 15 is 0 Å². The van der Waals surface area contributed by atoms with Crippen molar-refractivity contribution in [2.45, 2.75) is 19.9 Å². The molecule has 0 saturated heterocycles. The van der Waals surface area contributed by atoms with Crippen molar-refractivity contribution in [3.8, 4) is 5.75 Å². The number of carbonyl (C=O) groups is 1. The molecule has 3 nitrogen and oxygen atoms in total. The van der Waals surface area contributed by atoms with E-state index in [1.165, 1.54) is 16.5 Å². The molecule has 0 aliphatic carbocycles. The number of phenolic OH excluding ortho intramolecular Hbond substituents is 1. The van der Waals surface area contributed by atoms with Crippen LogP contribution in [0.4, 0.5) is 0 Å². The van der Waals surface area contributed by atoms with E-state index in [9.17, 15) is 9.90 Å². The Morgan fingerprint density at radius 2 is 2.22 bits per heavy atom. The molecule has 0 bridgehead atoms. The van der Waals surface area contributed by atoms with Crippen LogP contribution in [0.3, 0.4) is 0 Å². The van der Waals surface area contributed by atoms with Crippen LogP contribution in [0, 0.1) is 0 Å². The molecule has 0 radical (unpaired) electrons. The second-order valence-electron chi connectivity index (χ2n) is 3.96. The number of hydrogen-bond acceptors (Lipinski definition) is 3. The van der Waals surface area contributed by atoms with Gasteiger partial charge < -0.3 is 10.4 Å². The molecule has 2 N–H and O–H groups in total. The molecule has 1 amide bonds. The predicted octanol–water partition coefficient (Wildman–Crippen LogP) is 2.95. The lowest BCUT2D eigenvalue weighted by molar-refractivity contribution is 0.0951. The zero-order valence-corrected chi connectivity index (χ0v) is 11.0. The minimum Gasteiger partial charge on any atom is -0.508 e. The molecule has 2 rings (SSSR count). The Kier molecular flexibility index (Phi) is 3.99. The third-order valence-corrected chi connectivity index (χ3v) is 3.70. The molecule has 0 aliphatic rings. The average Bonchev–Trinajstić information content (AvgIpc) is 2.83. The molecule has 0 unspecified atom stereocenters. The van der Waals surface area contributed by atoms with Crippen LogP contribution >= 0.6 is 11.3 Å². The second-order valence-corrected chi connectivity index (χ2v) is 4.96. The molecule has 0 spiro atoms. The van der Waals surface area contributed by atoms with E-state index in [2.05, 4.69) is 18.3 Å². The van der Waals surface area contributed by atoms with Crippen LogP contribution in [-0.4, -0.2) is 11.0 Å². The summed E-state index contributed by atoms with van der Waals surface area (Å²) in [6.45, 7) is 2.64. The van der Waals surface area contributed by atoms with Crippen LogP contribution in [0.2, 0.25) is 0 Å². The number of benzene rings is 1. The molecule has 4 heteroatoms. The maximum Gasteiger partial charge on any atom is 0.251 e. The standard InChI is InChI=1S/C14H15NO2S/c1-2-10-6-7-18-13(10)9-15-14(17)11-4-3-5-12(16)8-11/h3-8,16H,2,9H2,1H3,(H,15,17). The molecule has 0 aliphatic heterocycles. The summed E-state index contributed by atoms with van der Waals surface area (Å²) in [5.41, 5.74) is 1.75. The van der Waals surface area contributed by atoms with Crippen molar-refractivity contribution in [3.05, 3.63) is 51.7 Å². The molecule has 0 fully saturated rings. The maximum absolute atomic E-state index is 11.9. The van der Waals surface area contributed by atoms with Gasteiger partial charge in [-0.15, -0.1) is 11.3 Å². The average molecular weight is 261 g/mol. The van der Waals surface area contributed by atoms with Crippen molar-refractivity contribution in [3.63, 3.8) is 0 Å². The van der Waals surface area contributed by atoms with Gasteiger partial charge in [-0.1, -0.05) is 13.0 Å². The summed E-state index contributed by atoms with van der Waals surface area (Å²) in [6, 6.07) is 8.44. The number of thiophene rings is 1. The van der Waals surface area contributed by atoms with E-state index in [1.54, 1.807) is 29.5 Å². The van der Waals surface area contributed by atoms with Crippen molar-refractivity contribution in [2.24, 2.45) is 0 Å². The summed E-state index contributed by atoms with van der Waals surface area (Å²) in [7, 11) is 0. The highest BCUT2D eigenvalue weighted by atomic mass is 32.1. The number of aromatic hydroxyl groups is 1. The minimum absolute atomic E-state index is 0.105. The number of aryl methyl sites for hydroxylation is 1. The van der Waals surface area contributed by atoms with E-state index in [0.717, 1.165) is 6.42 Å². The number of amides is 1. The van der Waals surface area contributed by atoms with Crippen LogP contribution < -0.4 is 5.32 Å². The van der Waals surface area contributed by atoms with Gasteiger partial charge in [-0.3, -0.25) is 4.79 Å². The largest absolute Gasteiger partial charge is 0.508 e. The summed E-state index contributed by atoms with van der Waals surface area (Å²) in [5, 5.41) is 14.2. The lowest BCUT2D eigenvalue weighted by atomic mass is 10.2. The van der Waals surface area contributed by atoms with Crippen molar-refractivity contribution < 1.29 is 9.90 Å². The number of nitrogens with one attached hydrogen (secondary N) is 1. The third-order valence-electron chi connectivity index (χ3n) is 2.74. The Balaban J connectivity index is 2.00. The first-order chi connectivity index (χ1) is 8.70. The SMILES string of the molecule is CCc1ccsc1CNC(=O)c1cccc(O)c1. The molecular formula is C14H15NO2S. The molecule has 2 aromatic rings. The van der Waals surface area contributed by atoms with Gasteiger partial charge in [0.15, 0.2) is 0 Å². The minimum atomic E-state index is -0.165. The van der Waals surface area contributed by atoms with Crippen molar-refractivity contribution in [2.75, 3.05) is 0 Å². The summed E-state index contributed by atoms with van der Waals surface area (Å²) in [5.74, 6) is -0.0608. The third kappa shape index (κ3) is 2.90. The molecule has 0 saturated carbocycles. The highest BCUT2D eigenvalue weighted by Gasteiger charge is 2.08. The van der Waals surface area contributed by atoms with Gasteiger partial charge >= 0.3 is 0 Å². The smallest absolute Gasteiger partial charge is 0.251 e. The topological polar surface area (TPSA) is 49.3 Å². The van der Waals surface area contributed by atoms with Gasteiger partial charge in [-0.2, -0.15) is 0 Å². The molecule has 1 heterocycles. The van der Waals surface area contributed by atoms with Gasteiger partial charge in [-0.25, -0.2) is 0 Å². The summed E-state index contributed by atoms with van der Waals surface area (Å²) in [6.07, 6.45) is 0.973. The lowest BCUT2D eigenvalue weighted by Crippen LogP contribution is -2.22. The number of hydrogen-bond donors (Lipinski definition) is 2. The first-order valence-electron chi connectivity index (χ1n) is 5.83. The van der Waals surface area contributed by atoms with Gasteiger partial charge in [-0.05, 0) is 41.6 Å². The van der Waals surface area contributed by atoms with Crippen LogP contribution in [-0.2, 0) is 13.0 Å². The van der Waals surface area contributed by atoms with Crippen LogP contribution in [0.1, 0.15) is 27.7 Å². The maximum atomic E-state index is 11.9. The fraction of sp³-hybridized carbons (Fsp3) is 0.214. The highest BCUT2D eigenvalue weighted by Crippen LogP contribution is 2.17. The zero-order valence-electron chi connectivity index (χ0n) is 10.1. The highest BCUT2D eigenvalue weighted by molar-refractivity contribution is 7.10. The van der Waals surface area contributed by atoms with E-state index in [1.807, 2.05) is 5.38 Å². The van der Waals surface area contributed by atoms with Gasteiger partial charge in [0.25, 0.3) is 5.91 Å². The first kappa shape index (κ1) is 12.6.